The molecule has 5 nitrogen and oxygen atoms in total. The predicted octanol–water partition coefficient (Wildman–Crippen LogP) is 3.20. The molecule has 0 aromatic heterocycles. The molecule has 0 spiro atoms. The zero-order valence-electron chi connectivity index (χ0n) is 17.3. The van der Waals surface area contributed by atoms with Crippen molar-refractivity contribution < 1.29 is 14.3 Å². The molecule has 27 heavy (non-hydrogen) atoms. The fourth-order valence-corrected chi connectivity index (χ4v) is 4.12. The lowest BCUT2D eigenvalue weighted by Gasteiger charge is -2.25. The molecule has 5 heteroatoms. The monoisotopic (exact) mass is 374 g/mol. The van der Waals surface area contributed by atoms with E-state index in [2.05, 4.69) is 42.7 Å². The summed E-state index contributed by atoms with van der Waals surface area (Å²) in [6, 6.07) is 4.47. The molecule has 2 heterocycles. The first kappa shape index (κ1) is 20.2. The number of ether oxygens (including phenoxy) is 2. The summed E-state index contributed by atoms with van der Waals surface area (Å²) in [5.41, 5.74) is 3.91. The molecule has 2 aliphatic heterocycles. The lowest BCUT2D eigenvalue weighted by Crippen LogP contribution is -2.39. The van der Waals surface area contributed by atoms with E-state index in [4.69, 9.17) is 9.47 Å². The highest BCUT2D eigenvalue weighted by Gasteiger charge is 2.29. The fourth-order valence-electron chi connectivity index (χ4n) is 4.12. The van der Waals surface area contributed by atoms with Gasteiger partial charge in [-0.15, -0.1) is 0 Å². The van der Waals surface area contributed by atoms with Crippen molar-refractivity contribution in [2.75, 3.05) is 46.5 Å². The zero-order valence-corrected chi connectivity index (χ0v) is 17.3. The molecule has 2 aliphatic rings. The van der Waals surface area contributed by atoms with Crippen LogP contribution in [0.15, 0.2) is 12.1 Å². The molecule has 0 aliphatic carbocycles. The number of carbonyl (C=O) groups excluding carboxylic acids is 1. The van der Waals surface area contributed by atoms with Crippen molar-refractivity contribution in [3.63, 3.8) is 0 Å². The number of benzene rings is 1. The highest BCUT2D eigenvalue weighted by molar-refractivity contribution is 5.79. The third kappa shape index (κ3) is 4.82. The van der Waals surface area contributed by atoms with Crippen LogP contribution in [0.5, 0.6) is 5.75 Å². The summed E-state index contributed by atoms with van der Waals surface area (Å²) in [4.78, 5) is 17.2. The number of carbonyl (C=O) groups is 1. The fraction of sp³-hybridized carbons (Fsp3) is 0.682. The van der Waals surface area contributed by atoms with Gasteiger partial charge in [-0.25, -0.2) is 0 Å². The Kier molecular flexibility index (Phi) is 6.77. The summed E-state index contributed by atoms with van der Waals surface area (Å²) in [5, 5.41) is 0. The van der Waals surface area contributed by atoms with Crippen LogP contribution in [-0.4, -0.2) is 62.2 Å². The van der Waals surface area contributed by atoms with Crippen LogP contribution in [0.2, 0.25) is 0 Å². The Morgan fingerprint density at radius 1 is 1.26 bits per heavy atom. The second-order valence-electron chi connectivity index (χ2n) is 8.19. The quantitative estimate of drug-likeness (QED) is 0.794. The molecule has 1 unspecified atom stereocenters. The SMILES string of the molecule is COc1cc(C)c(CN2CCCN(C(=O)C3CCOC3)CC2)cc1C(C)C. The van der Waals surface area contributed by atoms with E-state index in [-0.39, 0.29) is 11.8 Å². The summed E-state index contributed by atoms with van der Waals surface area (Å²) in [6.45, 7) is 12.5. The summed E-state index contributed by atoms with van der Waals surface area (Å²) in [7, 11) is 1.75. The van der Waals surface area contributed by atoms with Gasteiger partial charge in [-0.2, -0.15) is 0 Å². The van der Waals surface area contributed by atoms with Crippen LogP contribution in [0.1, 0.15) is 49.3 Å². The van der Waals surface area contributed by atoms with Crippen molar-refractivity contribution in [1.82, 2.24) is 9.80 Å². The minimum atomic E-state index is 0.0778. The Bertz CT molecular complexity index is 653. The Labute approximate surface area is 163 Å². The maximum absolute atomic E-state index is 12.7. The van der Waals surface area contributed by atoms with Crippen molar-refractivity contribution in [3.05, 3.63) is 28.8 Å². The molecule has 150 valence electrons. The van der Waals surface area contributed by atoms with Gasteiger partial charge in [-0.3, -0.25) is 9.69 Å². The lowest BCUT2D eigenvalue weighted by atomic mass is 9.96. The first-order valence-corrected chi connectivity index (χ1v) is 10.3. The van der Waals surface area contributed by atoms with Crippen LogP contribution >= 0.6 is 0 Å². The Morgan fingerprint density at radius 2 is 2.07 bits per heavy atom. The first-order chi connectivity index (χ1) is 13.0. The van der Waals surface area contributed by atoms with Crippen LogP contribution in [0.3, 0.4) is 0 Å². The number of methoxy groups -OCH3 is 1. The average Bonchev–Trinajstić information content (AvgIpc) is 3.09. The van der Waals surface area contributed by atoms with Crippen LogP contribution in [0.25, 0.3) is 0 Å². The van der Waals surface area contributed by atoms with E-state index in [9.17, 15) is 4.79 Å². The molecule has 0 radical (unpaired) electrons. The van der Waals surface area contributed by atoms with Gasteiger partial charge in [0.15, 0.2) is 0 Å². The summed E-state index contributed by atoms with van der Waals surface area (Å²) in [6.07, 6.45) is 1.91. The minimum Gasteiger partial charge on any atom is -0.496 e. The van der Waals surface area contributed by atoms with Crippen molar-refractivity contribution in [2.45, 2.75) is 46.1 Å². The van der Waals surface area contributed by atoms with Crippen molar-refractivity contribution in [3.8, 4) is 5.75 Å². The Hall–Kier alpha value is -1.59. The van der Waals surface area contributed by atoms with E-state index in [0.29, 0.717) is 12.5 Å². The van der Waals surface area contributed by atoms with Crippen molar-refractivity contribution in [1.29, 1.82) is 0 Å². The van der Waals surface area contributed by atoms with Gasteiger partial charge < -0.3 is 14.4 Å². The van der Waals surface area contributed by atoms with Gasteiger partial charge in [-0.05, 0) is 48.4 Å². The molecule has 2 fully saturated rings. The molecular weight excluding hydrogens is 340 g/mol. The normalized spacial score (nSPS) is 21.5. The molecule has 3 rings (SSSR count). The molecule has 0 saturated carbocycles. The number of amides is 1. The number of rotatable bonds is 5. The summed E-state index contributed by atoms with van der Waals surface area (Å²) in [5.74, 6) is 1.79. The van der Waals surface area contributed by atoms with E-state index in [1.54, 1.807) is 7.11 Å². The average molecular weight is 375 g/mol. The van der Waals surface area contributed by atoms with Crippen LogP contribution < -0.4 is 4.74 Å². The molecule has 0 N–H and O–H groups in total. The summed E-state index contributed by atoms with van der Waals surface area (Å²) >= 11 is 0. The third-order valence-electron chi connectivity index (χ3n) is 5.88. The Morgan fingerprint density at radius 3 is 2.74 bits per heavy atom. The minimum absolute atomic E-state index is 0.0778. The van der Waals surface area contributed by atoms with Crippen LogP contribution in [0.4, 0.5) is 0 Å². The van der Waals surface area contributed by atoms with Gasteiger partial charge in [0, 0.05) is 39.3 Å². The lowest BCUT2D eigenvalue weighted by molar-refractivity contribution is -0.135. The summed E-state index contributed by atoms with van der Waals surface area (Å²) < 4.78 is 11.0. The van der Waals surface area contributed by atoms with Gasteiger partial charge >= 0.3 is 0 Å². The second kappa shape index (κ2) is 9.07. The molecule has 1 amide bonds. The van der Waals surface area contributed by atoms with Gasteiger partial charge in [0.2, 0.25) is 5.91 Å². The highest BCUT2D eigenvalue weighted by atomic mass is 16.5. The van der Waals surface area contributed by atoms with E-state index >= 15 is 0 Å². The Balaban J connectivity index is 1.64. The van der Waals surface area contributed by atoms with E-state index < -0.39 is 0 Å². The number of nitrogens with zero attached hydrogens (tertiary/aromatic N) is 2. The molecule has 1 aromatic carbocycles. The van der Waals surface area contributed by atoms with Gasteiger partial charge in [0.25, 0.3) is 0 Å². The smallest absolute Gasteiger partial charge is 0.228 e. The first-order valence-electron chi connectivity index (χ1n) is 10.3. The zero-order chi connectivity index (χ0) is 19.4. The van der Waals surface area contributed by atoms with Crippen molar-refractivity contribution >= 4 is 5.91 Å². The van der Waals surface area contributed by atoms with Crippen LogP contribution in [-0.2, 0) is 16.1 Å². The van der Waals surface area contributed by atoms with E-state index in [1.807, 2.05) is 0 Å². The number of hydrogen-bond donors (Lipinski definition) is 0. The van der Waals surface area contributed by atoms with Crippen LogP contribution in [0, 0.1) is 12.8 Å². The maximum Gasteiger partial charge on any atom is 0.228 e. The number of aryl methyl sites for hydroxylation is 1. The predicted molar refractivity (Wildman–Crippen MR) is 107 cm³/mol. The third-order valence-corrected chi connectivity index (χ3v) is 5.88. The molecule has 2 saturated heterocycles. The highest BCUT2D eigenvalue weighted by Crippen LogP contribution is 2.30. The molecule has 1 atom stereocenters. The van der Waals surface area contributed by atoms with E-state index in [1.165, 1.54) is 16.7 Å². The largest absolute Gasteiger partial charge is 0.496 e. The molecule has 1 aromatic rings. The van der Waals surface area contributed by atoms with Gasteiger partial charge in [0.1, 0.15) is 5.75 Å². The topological polar surface area (TPSA) is 42.0 Å². The van der Waals surface area contributed by atoms with Gasteiger partial charge in [-0.1, -0.05) is 19.9 Å². The van der Waals surface area contributed by atoms with Gasteiger partial charge in [0.05, 0.1) is 19.6 Å². The maximum atomic E-state index is 12.7. The standard InChI is InChI=1S/C22H34N2O3/c1-16(2)20-13-19(17(3)12-21(20)26-4)14-23-7-5-8-24(10-9-23)22(25)18-6-11-27-15-18/h12-13,16,18H,5-11,14-15H2,1-4H3. The molecule has 0 bridgehead atoms. The van der Waals surface area contributed by atoms with E-state index in [0.717, 1.165) is 57.9 Å². The van der Waals surface area contributed by atoms with Crippen molar-refractivity contribution in [2.24, 2.45) is 5.92 Å². The molecular formula is C22H34N2O3. The number of hydrogen-bond acceptors (Lipinski definition) is 4. The second-order valence-corrected chi connectivity index (χ2v) is 8.19.